The summed E-state index contributed by atoms with van der Waals surface area (Å²) in [7, 11) is 0. The Bertz CT molecular complexity index is 641. The Labute approximate surface area is 103 Å². The maximum atomic E-state index is 13.2. The Morgan fingerprint density at radius 3 is 2.56 bits per heavy atom. The number of nitrogens with one attached hydrogen (secondary N) is 1. The highest BCUT2D eigenvalue weighted by atomic mass is 19.3. The summed E-state index contributed by atoms with van der Waals surface area (Å²) in [6.07, 6.45) is 0. The van der Waals surface area contributed by atoms with E-state index < -0.39 is 17.2 Å². The molecular formula is C13H14F2N2O. The third kappa shape index (κ3) is 2.25. The lowest BCUT2D eigenvalue weighted by Gasteiger charge is -2.10. The summed E-state index contributed by atoms with van der Waals surface area (Å²) in [4.78, 5) is 17.8. The molecule has 0 unspecified atom stereocenters. The largest absolute Gasteiger partial charge is 0.319 e. The molecule has 1 heterocycles. The SMILES string of the molecule is CC(C)c1ccc2nc(C(C)(F)F)c(=O)[nH]c2c1. The van der Waals surface area contributed by atoms with Crippen LogP contribution < -0.4 is 5.56 Å². The second-order valence-electron chi connectivity index (χ2n) is 4.73. The van der Waals surface area contributed by atoms with Crippen molar-refractivity contribution in [3.8, 4) is 0 Å². The van der Waals surface area contributed by atoms with Gasteiger partial charge in [0, 0.05) is 6.92 Å². The molecule has 0 saturated heterocycles. The smallest absolute Gasteiger partial charge is 0.292 e. The van der Waals surface area contributed by atoms with Gasteiger partial charge in [-0.3, -0.25) is 4.79 Å². The van der Waals surface area contributed by atoms with Crippen LogP contribution in [0.4, 0.5) is 8.78 Å². The number of hydrogen-bond donors (Lipinski definition) is 1. The minimum atomic E-state index is -3.24. The maximum Gasteiger partial charge on any atom is 0.292 e. The monoisotopic (exact) mass is 252 g/mol. The molecular weight excluding hydrogens is 238 g/mol. The summed E-state index contributed by atoms with van der Waals surface area (Å²) in [5, 5.41) is 0. The van der Waals surface area contributed by atoms with Crippen LogP contribution in [0.2, 0.25) is 0 Å². The summed E-state index contributed by atoms with van der Waals surface area (Å²) in [6, 6.07) is 5.25. The van der Waals surface area contributed by atoms with E-state index in [1.54, 1.807) is 12.1 Å². The van der Waals surface area contributed by atoms with Crippen molar-refractivity contribution in [2.75, 3.05) is 0 Å². The van der Waals surface area contributed by atoms with Gasteiger partial charge in [-0.2, -0.15) is 8.78 Å². The van der Waals surface area contributed by atoms with E-state index >= 15 is 0 Å². The molecule has 0 aliphatic rings. The summed E-state index contributed by atoms with van der Waals surface area (Å²) in [5.41, 5.74) is 0.300. The number of aromatic nitrogens is 2. The molecule has 0 saturated carbocycles. The summed E-state index contributed by atoms with van der Waals surface area (Å²) in [6.45, 7) is 4.70. The number of nitrogens with zero attached hydrogens (tertiary/aromatic N) is 1. The van der Waals surface area contributed by atoms with Gasteiger partial charge in [0.25, 0.3) is 11.5 Å². The maximum absolute atomic E-state index is 13.2. The van der Waals surface area contributed by atoms with Gasteiger partial charge in [-0.15, -0.1) is 0 Å². The van der Waals surface area contributed by atoms with Crippen LogP contribution in [-0.2, 0) is 5.92 Å². The average molecular weight is 252 g/mol. The van der Waals surface area contributed by atoms with Gasteiger partial charge < -0.3 is 4.98 Å². The summed E-state index contributed by atoms with van der Waals surface area (Å²) >= 11 is 0. The Morgan fingerprint density at radius 1 is 1.33 bits per heavy atom. The molecule has 96 valence electrons. The van der Waals surface area contributed by atoms with Crippen LogP contribution in [0.5, 0.6) is 0 Å². The Kier molecular flexibility index (Phi) is 2.92. The number of hydrogen-bond acceptors (Lipinski definition) is 2. The van der Waals surface area contributed by atoms with Gasteiger partial charge in [0.2, 0.25) is 0 Å². The first-order valence-corrected chi connectivity index (χ1v) is 5.71. The first kappa shape index (κ1) is 12.7. The van der Waals surface area contributed by atoms with Gasteiger partial charge in [-0.05, 0) is 23.6 Å². The molecule has 5 heteroatoms. The molecule has 0 bridgehead atoms. The van der Waals surface area contributed by atoms with Gasteiger partial charge in [-0.25, -0.2) is 4.98 Å². The second kappa shape index (κ2) is 4.15. The molecule has 2 rings (SSSR count). The number of fused-ring (bicyclic) bond motifs is 1. The fourth-order valence-corrected chi connectivity index (χ4v) is 1.76. The Balaban J connectivity index is 2.68. The zero-order valence-electron chi connectivity index (χ0n) is 10.4. The van der Waals surface area contributed by atoms with E-state index in [1.807, 2.05) is 19.9 Å². The molecule has 1 aromatic carbocycles. The number of aromatic amines is 1. The number of halogens is 2. The van der Waals surface area contributed by atoms with Crippen molar-refractivity contribution in [1.29, 1.82) is 0 Å². The van der Waals surface area contributed by atoms with Crippen molar-refractivity contribution in [3.05, 3.63) is 39.8 Å². The normalized spacial score (nSPS) is 12.3. The lowest BCUT2D eigenvalue weighted by atomic mass is 10.0. The zero-order valence-corrected chi connectivity index (χ0v) is 10.4. The lowest BCUT2D eigenvalue weighted by Crippen LogP contribution is -2.24. The van der Waals surface area contributed by atoms with Crippen molar-refractivity contribution in [1.82, 2.24) is 9.97 Å². The minimum Gasteiger partial charge on any atom is -0.319 e. The van der Waals surface area contributed by atoms with Crippen molar-refractivity contribution >= 4 is 11.0 Å². The minimum absolute atomic E-state index is 0.296. The van der Waals surface area contributed by atoms with E-state index in [4.69, 9.17) is 0 Å². The molecule has 1 N–H and O–H groups in total. The molecule has 18 heavy (non-hydrogen) atoms. The van der Waals surface area contributed by atoms with Crippen molar-refractivity contribution in [2.45, 2.75) is 32.6 Å². The molecule has 3 nitrogen and oxygen atoms in total. The van der Waals surface area contributed by atoms with Crippen molar-refractivity contribution in [2.24, 2.45) is 0 Å². The van der Waals surface area contributed by atoms with E-state index in [0.29, 0.717) is 23.9 Å². The molecule has 0 spiro atoms. The Hall–Kier alpha value is -1.78. The highest BCUT2D eigenvalue weighted by Crippen LogP contribution is 2.24. The van der Waals surface area contributed by atoms with Gasteiger partial charge >= 0.3 is 0 Å². The zero-order chi connectivity index (χ0) is 13.5. The Morgan fingerprint density at radius 2 is 2.00 bits per heavy atom. The van der Waals surface area contributed by atoms with Gasteiger partial charge in [-0.1, -0.05) is 19.9 Å². The van der Waals surface area contributed by atoms with E-state index in [0.717, 1.165) is 5.56 Å². The average Bonchev–Trinajstić information content (AvgIpc) is 2.25. The molecule has 0 aliphatic carbocycles. The number of rotatable bonds is 2. The van der Waals surface area contributed by atoms with Crippen LogP contribution in [-0.4, -0.2) is 9.97 Å². The highest BCUT2D eigenvalue weighted by Gasteiger charge is 2.30. The molecule has 2 aromatic rings. The summed E-state index contributed by atoms with van der Waals surface area (Å²) < 4.78 is 26.3. The number of benzene rings is 1. The second-order valence-corrected chi connectivity index (χ2v) is 4.73. The molecule has 1 aromatic heterocycles. The lowest BCUT2D eigenvalue weighted by molar-refractivity contribution is 0.0115. The van der Waals surface area contributed by atoms with Crippen LogP contribution in [0.3, 0.4) is 0 Å². The predicted molar refractivity (Wildman–Crippen MR) is 66.0 cm³/mol. The first-order chi connectivity index (χ1) is 8.29. The van der Waals surface area contributed by atoms with E-state index in [1.165, 1.54) is 0 Å². The number of H-pyrrole nitrogens is 1. The molecule has 0 fully saturated rings. The fraction of sp³-hybridized carbons (Fsp3) is 0.385. The third-order valence-corrected chi connectivity index (χ3v) is 2.80. The van der Waals surface area contributed by atoms with E-state index in [9.17, 15) is 13.6 Å². The molecule has 0 atom stereocenters. The molecule has 0 amide bonds. The fourth-order valence-electron chi connectivity index (χ4n) is 1.76. The van der Waals surface area contributed by atoms with Gasteiger partial charge in [0.15, 0.2) is 5.69 Å². The predicted octanol–water partition coefficient (Wildman–Crippen LogP) is 3.16. The standard InChI is InChI=1S/C13H14F2N2O/c1-7(2)8-4-5-9-10(6-8)17-12(18)11(16-9)13(3,14)15/h4-7H,1-3H3,(H,17,18). The topological polar surface area (TPSA) is 45.8 Å². The van der Waals surface area contributed by atoms with Crippen LogP contribution in [0.25, 0.3) is 11.0 Å². The quantitative estimate of drug-likeness (QED) is 0.892. The van der Waals surface area contributed by atoms with Crippen LogP contribution in [0.1, 0.15) is 37.9 Å². The highest BCUT2D eigenvalue weighted by molar-refractivity contribution is 5.75. The van der Waals surface area contributed by atoms with Crippen molar-refractivity contribution in [3.63, 3.8) is 0 Å². The number of alkyl halides is 2. The van der Waals surface area contributed by atoms with Gasteiger partial charge in [0.05, 0.1) is 11.0 Å². The van der Waals surface area contributed by atoms with E-state index in [-0.39, 0.29) is 0 Å². The van der Waals surface area contributed by atoms with Crippen LogP contribution >= 0.6 is 0 Å². The van der Waals surface area contributed by atoms with Crippen LogP contribution in [0, 0.1) is 0 Å². The summed E-state index contributed by atoms with van der Waals surface area (Å²) in [5.74, 6) is -2.94. The first-order valence-electron chi connectivity index (χ1n) is 5.71. The van der Waals surface area contributed by atoms with Crippen LogP contribution in [0.15, 0.2) is 23.0 Å². The molecule has 0 aliphatic heterocycles. The van der Waals surface area contributed by atoms with Gasteiger partial charge in [0.1, 0.15) is 0 Å². The molecule has 0 radical (unpaired) electrons. The third-order valence-electron chi connectivity index (χ3n) is 2.80. The van der Waals surface area contributed by atoms with E-state index in [2.05, 4.69) is 9.97 Å². The van der Waals surface area contributed by atoms with Crippen molar-refractivity contribution < 1.29 is 8.78 Å².